The van der Waals surface area contributed by atoms with Crippen LogP contribution in [0.25, 0.3) is 0 Å². The third kappa shape index (κ3) is 13.7. The first kappa shape index (κ1) is 24.5. The summed E-state index contributed by atoms with van der Waals surface area (Å²) in [6.45, 7) is 0. The van der Waals surface area contributed by atoms with Crippen LogP contribution in [0, 0.1) is 0 Å². The van der Waals surface area contributed by atoms with Crippen molar-refractivity contribution >= 4 is 27.5 Å². The van der Waals surface area contributed by atoms with Crippen molar-refractivity contribution in [2.45, 2.75) is 107 Å². The van der Waals surface area contributed by atoms with Gasteiger partial charge in [0.2, 0.25) is 0 Å². The Labute approximate surface area is 158 Å². The molecular formula is C18H32BrClF4. The minimum absolute atomic E-state index is 0.151. The Morgan fingerprint density at radius 1 is 0.542 bits per heavy atom. The van der Waals surface area contributed by atoms with Crippen molar-refractivity contribution in [3.8, 4) is 0 Å². The second kappa shape index (κ2) is 14.6. The maximum absolute atomic E-state index is 13.0. The molecule has 0 saturated carbocycles. The number of hydrogen-bond acceptors (Lipinski definition) is 0. The standard InChI is InChI=1S/C18H32BrClF4/c19-18(23,24)17(21,22)15-13-11-9-7-5-3-1-2-4-6-8-10-12-14-16-20/h1-16H2. The van der Waals surface area contributed by atoms with E-state index < -0.39 is 17.2 Å². The van der Waals surface area contributed by atoms with Gasteiger partial charge in [0.25, 0.3) is 0 Å². The summed E-state index contributed by atoms with van der Waals surface area (Å²) < 4.78 is 51.1. The van der Waals surface area contributed by atoms with Crippen LogP contribution in [0.15, 0.2) is 0 Å². The molecule has 0 aliphatic heterocycles. The highest BCUT2D eigenvalue weighted by atomic mass is 79.9. The van der Waals surface area contributed by atoms with Crippen LogP contribution < -0.4 is 0 Å². The van der Waals surface area contributed by atoms with Crippen LogP contribution in [0.1, 0.15) is 96.3 Å². The smallest absolute Gasteiger partial charge is 0.199 e. The van der Waals surface area contributed by atoms with Crippen LogP contribution in [0.3, 0.4) is 0 Å². The molecule has 0 rings (SSSR count). The van der Waals surface area contributed by atoms with E-state index in [0.29, 0.717) is 6.42 Å². The van der Waals surface area contributed by atoms with E-state index in [0.717, 1.165) is 31.6 Å². The normalized spacial score (nSPS) is 12.8. The van der Waals surface area contributed by atoms with Crippen LogP contribution in [0.4, 0.5) is 17.6 Å². The van der Waals surface area contributed by atoms with E-state index in [-0.39, 0.29) is 6.42 Å². The minimum Gasteiger partial charge on any atom is -0.199 e. The lowest BCUT2D eigenvalue weighted by molar-refractivity contribution is -0.151. The Kier molecular flexibility index (Phi) is 14.9. The van der Waals surface area contributed by atoms with Gasteiger partial charge in [-0.1, -0.05) is 77.0 Å². The van der Waals surface area contributed by atoms with Crippen molar-refractivity contribution in [1.82, 2.24) is 0 Å². The Bertz CT molecular complexity index is 283. The van der Waals surface area contributed by atoms with Gasteiger partial charge in [-0.25, -0.2) is 0 Å². The Balaban J connectivity index is 3.24. The first-order valence-electron chi connectivity index (χ1n) is 9.32. The molecule has 0 aromatic rings. The summed E-state index contributed by atoms with van der Waals surface area (Å²) in [5, 5.41) is 0. The molecule has 0 nitrogen and oxygen atoms in total. The lowest BCUT2D eigenvalue weighted by Crippen LogP contribution is -2.34. The predicted octanol–water partition coefficient (Wildman–Crippen LogP) is 8.70. The molecule has 0 saturated heterocycles. The van der Waals surface area contributed by atoms with Crippen molar-refractivity contribution in [2.24, 2.45) is 0 Å². The average molecular weight is 440 g/mol. The molecule has 0 N–H and O–H groups in total. The largest absolute Gasteiger partial charge is 0.363 e. The van der Waals surface area contributed by atoms with Crippen LogP contribution in [0.5, 0.6) is 0 Å². The van der Waals surface area contributed by atoms with Gasteiger partial charge in [0.15, 0.2) is 0 Å². The van der Waals surface area contributed by atoms with Crippen LogP contribution in [-0.2, 0) is 0 Å². The molecule has 6 heteroatoms. The van der Waals surface area contributed by atoms with Crippen molar-refractivity contribution in [3.05, 3.63) is 0 Å². The second-order valence-corrected chi connectivity index (χ2v) is 7.96. The summed E-state index contributed by atoms with van der Waals surface area (Å²) in [4.78, 5) is -4.09. The fourth-order valence-electron chi connectivity index (χ4n) is 2.70. The van der Waals surface area contributed by atoms with Gasteiger partial charge in [0.05, 0.1) is 0 Å². The van der Waals surface area contributed by atoms with Gasteiger partial charge in [-0.05, 0) is 28.8 Å². The third-order valence-corrected chi connectivity index (χ3v) is 5.14. The van der Waals surface area contributed by atoms with E-state index in [2.05, 4.69) is 0 Å². The Morgan fingerprint density at radius 3 is 1.12 bits per heavy atom. The highest BCUT2D eigenvalue weighted by Gasteiger charge is 2.53. The summed E-state index contributed by atoms with van der Waals surface area (Å²) in [5.41, 5.74) is 0. The molecule has 0 radical (unpaired) electrons. The second-order valence-electron chi connectivity index (χ2n) is 6.59. The number of halogens is 6. The number of hydrogen-bond donors (Lipinski definition) is 0. The maximum atomic E-state index is 13.0. The molecule has 0 aliphatic rings. The number of alkyl halides is 6. The molecular weight excluding hydrogens is 408 g/mol. The number of rotatable bonds is 17. The molecule has 0 atom stereocenters. The Morgan fingerprint density at radius 2 is 0.833 bits per heavy atom. The van der Waals surface area contributed by atoms with Crippen LogP contribution >= 0.6 is 27.5 Å². The van der Waals surface area contributed by atoms with Gasteiger partial charge >= 0.3 is 10.8 Å². The van der Waals surface area contributed by atoms with E-state index in [9.17, 15) is 17.6 Å². The van der Waals surface area contributed by atoms with Gasteiger partial charge in [-0.2, -0.15) is 17.6 Å². The topological polar surface area (TPSA) is 0 Å². The highest BCUT2D eigenvalue weighted by molar-refractivity contribution is 9.10. The summed E-state index contributed by atoms with van der Waals surface area (Å²) in [7, 11) is 0. The zero-order chi connectivity index (χ0) is 18.3. The summed E-state index contributed by atoms with van der Waals surface area (Å²) >= 11 is 7.38. The summed E-state index contributed by atoms with van der Waals surface area (Å²) in [5.74, 6) is -3.18. The lowest BCUT2D eigenvalue weighted by Gasteiger charge is -2.21. The quantitative estimate of drug-likeness (QED) is 0.121. The van der Waals surface area contributed by atoms with Gasteiger partial charge in [0.1, 0.15) is 0 Å². The van der Waals surface area contributed by atoms with Gasteiger partial charge in [0, 0.05) is 12.3 Å². The van der Waals surface area contributed by atoms with Crippen LogP contribution in [0.2, 0.25) is 0 Å². The fraction of sp³-hybridized carbons (Fsp3) is 1.00. The highest BCUT2D eigenvalue weighted by Crippen LogP contribution is 2.42. The predicted molar refractivity (Wildman–Crippen MR) is 98.8 cm³/mol. The van der Waals surface area contributed by atoms with Gasteiger partial charge in [-0.3, -0.25) is 0 Å². The fourth-order valence-corrected chi connectivity index (χ4v) is 3.09. The first-order valence-corrected chi connectivity index (χ1v) is 10.6. The van der Waals surface area contributed by atoms with Crippen molar-refractivity contribution in [1.29, 1.82) is 0 Å². The summed E-state index contributed by atoms with van der Waals surface area (Å²) in [6, 6.07) is 0. The number of unbranched alkanes of at least 4 members (excludes halogenated alkanes) is 13. The monoisotopic (exact) mass is 438 g/mol. The summed E-state index contributed by atoms with van der Waals surface area (Å²) in [6.07, 6.45) is 14.2. The molecule has 0 unspecified atom stereocenters. The van der Waals surface area contributed by atoms with E-state index in [1.807, 2.05) is 0 Å². The van der Waals surface area contributed by atoms with Gasteiger partial charge < -0.3 is 0 Å². The molecule has 0 heterocycles. The molecule has 146 valence electrons. The Hall–Kier alpha value is 0.490. The molecule has 0 amide bonds. The molecule has 0 aromatic carbocycles. The molecule has 0 bridgehead atoms. The SMILES string of the molecule is FC(F)(Br)C(F)(F)CCCCCCCCCCCCCCCCCl. The van der Waals surface area contributed by atoms with E-state index >= 15 is 0 Å². The van der Waals surface area contributed by atoms with E-state index in [4.69, 9.17) is 11.6 Å². The molecule has 0 fully saturated rings. The van der Waals surface area contributed by atoms with Gasteiger partial charge in [-0.15, -0.1) is 11.6 Å². The molecule has 0 spiro atoms. The van der Waals surface area contributed by atoms with Crippen molar-refractivity contribution in [2.75, 3.05) is 5.88 Å². The molecule has 0 aromatic heterocycles. The lowest BCUT2D eigenvalue weighted by atomic mass is 10.0. The first-order chi connectivity index (χ1) is 11.3. The minimum atomic E-state index is -4.09. The van der Waals surface area contributed by atoms with Crippen LogP contribution in [-0.4, -0.2) is 16.6 Å². The third-order valence-electron chi connectivity index (χ3n) is 4.29. The zero-order valence-corrected chi connectivity index (χ0v) is 16.9. The van der Waals surface area contributed by atoms with Crippen molar-refractivity contribution in [3.63, 3.8) is 0 Å². The van der Waals surface area contributed by atoms with E-state index in [1.54, 1.807) is 15.9 Å². The molecule has 0 aliphatic carbocycles. The average Bonchev–Trinajstić information content (AvgIpc) is 2.50. The van der Waals surface area contributed by atoms with E-state index in [1.165, 1.54) is 51.4 Å². The molecule has 24 heavy (non-hydrogen) atoms. The van der Waals surface area contributed by atoms with Crippen molar-refractivity contribution < 1.29 is 17.6 Å². The maximum Gasteiger partial charge on any atom is 0.363 e. The zero-order valence-electron chi connectivity index (χ0n) is 14.6.